The molecule has 0 N–H and O–H groups in total. The molecule has 2 aromatic heterocycles. The van der Waals surface area contributed by atoms with Gasteiger partial charge >= 0.3 is 0 Å². The Morgan fingerprint density at radius 2 is 2.12 bits per heavy atom. The van der Waals surface area contributed by atoms with Gasteiger partial charge in [0, 0.05) is 7.05 Å². The summed E-state index contributed by atoms with van der Waals surface area (Å²) in [4.78, 5) is 12.0. The van der Waals surface area contributed by atoms with Gasteiger partial charge in [0.2, 0.25) is 0 Å². The molecule has 0 fully saturated rings. The van der Waals surface area contributed by atoms with Gasteiger partial charge in [-0.2, -0.15) is 5.10 Å². The summed E-state index contributed by atoms with van der Waals surface area (Å²) in [7, 11) is 3.32. The number of aryl methyl sites for hydroxylation is 1. The van der Waals surface area contributed by atoms with Crippen LogP contribution in [-0.4, -0.2) is 31.8 Å². The number of hydrogen-bond acceptors (Lipinski definition) is 6. The average molecular weight is 258 g/mol. The maximum Gasteiger partial charge on any atom is 0.192 e. The van der Waals surface area contributed by atoms with Crippen molar-refractivity contribution in [3.05, 3.63) is 17.8 Å². The summed E-state index contributed by atoms with van der Waals surface area (Å²) in [5, 5.41) is 5.55. The molecule has 0 amide bonds. The molecule has 0 aromatic carbocycles. The lowest BCUT2D eigenvalue weighted by atomic mass is 10.6. The van der Waals surface area contributed by atoms with E-state index in [0.29, 0.717) is 15.9 Å². The highest BCUT2D eigenvalue weighted by molar-refractivity contribution is 7.99. The summed E-state index contributed by atoms with van der Waals surface area (Å²) in [6.45, 7) is 0. The lowest BCUT2D eigenvalue weighted by Crippen LogP contribution is -1.96. The van der Waals surface area contributed by atoms with Crippen LogP contribution in [0.25, 0.3) is 0 Å². The largest absolute Gasteiger partial charge is 0.491 e. The quantitative estimate of drug-likeness (QED) is 0.775. The van der Waals surface area contributed by atoms with E-state index in [9.17, 15) is 0 Å². The normalized spacial score (nSPS) is 10.4. The fourth-order valence-corrected chi connectivity index (χ4v) is 2.14. The van der Waals surface area contributed by atoms with Crippen molar-refractivity contribution in [3.63, 3.8) is 0 Å². The van der Waals surface area contributed by atoms with Crippen LogP contribution in [-0.2, 0) is 7.05 Å². The van der Waals surface area contributed by atoms with Crippen LogP contribution < -0.4 is 4.74 Å². The highest BCUT2D eigenvalue weighted by atomic mass is 35.5. The predicted molar refractivity (Wildman–Crippen MR) is 58.7 cm³/mol. The first-order valence-corrected chi connectivity index (χ1v) is 5.48. The molecule has 0 saturated heterocycles. The van der Waals surface area contributed by atoms with Gasteiger partial charge in [-0.3, -0.25) is 0 Å². The Hall–Kier alpha value is -1.34. The molecular weight excluding hydrogens is 250 g/mol. The maximum absolute atomic E-state index is 5.88. The summed E-state index contributed by atoms with van der Waals surface area (Å²) in [5.74, 6) is 0.442. The zero-order chi connectivity index (χ0) is 11.5. The zero-order valence-corrected chi connectivity index (χ0v) is 10.2. The Labute approximate surface area is 101 Å². The van der Waals surface area contributed by atoms with E-state index in [1.807, 2.05) is 0 Å². The highest BCUT2D eigenvalue weighted by Gasteiger charge is 2.14. The molecule has 0 aliphatic rings. The van der Waals surface area contributed by atoms with E-state index in [2.05, 4.69) is 20.1 Å². The number of ether oxygens (including phenoxy) is 1. The van der Waals surface area contributed by atoms with Crippen molar-refractivity contribution in [2.75, 3.05) is 7.11 Å². The van der Waals surface area contributed by atoms with Gasteiger partial charge in [-0.05, 0) is 11.8 Å². The third-order valence-electron chi connectivity index (χ3n) is 1.79. The molecule has 84 valence electrons. The fourth-order valence-electron chi connectivity index (χ4n) is 1.05. The number of rotatable bonds is 3. The van der Waals surface area contributed by atoms with Gasteiger partial charge in [-0.15, -0.1) is 0 Å². The minimum Gasteiger partial charge on any atom is -0.491 e. The van der Waals surface area contributed by atoms with Crippen molar-refractivity contribution in [3.8, 4) is 5.75 Å². The topological polar surface area (TPSA) is 65.7 Å². The van der Waals surface area contributed by atoms with E-state index in [0.717, 1.165) is 0 Å². The Morgan fingerprint density at radius 1 is 1.31 bits per heavy atom. The summed E-state index contributed by atoms with van der Waals surface area (Å²) in [6, 6.07) is 0. The molecule has 8 heteroatoms. The molecule has 0 aliphatic heterocycles. The Kier molecular flexibility index (Phi) is 3.25. The van der Waals surface area contributed by atoms with Crippen molar-refractivity contribution < 1.29 is 4.74 Å². The molecule has 0 bridgehead atoms. The monoisotopic (exact) mass is 257 g/mol. The van der Waals surface area contributed by atoms with E-state index in [1.54, 1.807) is 11.7 Å². The molecular formula is C8H8ClN5OS. The van der Waals surface area contributed by atoms with Gasteiger partial charge in [-0.1, -0.05) is 11.6 Å². The van der Waals surface area contributed by atoms with Crippen LogP contribution in [0.3, 0.4) is 0 Å². The van der Waals surface area contributed by atoms with Crippen molar-refractivity contribution in [1.82, 2.24) is 24.7 Å². The molecule has 6 nitrogen and oxygen atoms in total. The molecule has 16 heavy (non-hydrogen) atoms. The molecule has 0 radical (unpaired) electrons. The predicted octanol–water partition coefficient (Wildman–Crippen LogP) is 1.42. The molecule has 2 rings (SSSR count). The number of methoxy groups -OCH3 is 1. The number of aromatic nitrogens is 5. The van der Waals surface area contributed by atoms with E-state index in [4.69, 9.17) is 16.3 Å². The number of nitrogens with zero attached hydrogens (tertiary/aromatic N) is 5. The molecule has 0 saturated carbocycles. The van der Waals surface area contributed by atoms with Crippen LogP contribution >= 0.6 is 23.4 Å². The van der Waals surface area contributed by atoms with Gasteiger partial charge in [0.25, 0.3) is 0 Å². The van der Waals surface area contributed by atoms with E-state index >= 15 is 0 Å². The average Bonchev–Trinajstić information content (AvgIpc) is 2.65. The smallest absolute Gasteiger partial charge is 0.192 e. The maximum atomic E-state index is 5.88. The van der Waals surface area contributed by atoms with E-state index < -0.39 is 0 Å². The van der Waals surface area contributed by atoms with Crippen molar-refractivity contribution in [1.29, 1.82) is 0 Å². The molecule has 0 spiro atoms. The first kappa shape index (κ1) is 11.2. The van der Waals surface area contributed by atoms with Crippen LogP contribution in [0, 0.1) is 0 Å². The lowest BCUT2D eigenvalue weighted by Gasteiger charge is -2.06. The Bertz CT molecular complexity index is 503. The van der Waals surface area contributed by atoms with Crippen molar-refractivity contribution in [2.45, 2.75) is 10.2 Å². The molecule has 0 aliphatic carbocycles. The fraction of sp³-hybridized carbons (Fsp3) is 0.250. The zero-order valence-electron chi connectivity index (χ0n) is 8.59. The SMILES string of the molecule is COc1c(Cl)ncnc1Sc1ncnn1C. The summed E-state index contributed by atoms with van der Waals surface area (Å²) < 4.78 is 6.77. The van der Waals surface area contributed by atoms with E-state index in [-0.39, 0.29) is 5.15 Å². The minimum atomic E-state index is 0.280. The van der Waals surface area contributed by atoms with Crippen LogP contribution in [0.4, 0.5) is 0 Å². The van der Waals surface area contributed by atoms with Gasteiger partial charge < -0.3 is 4.74 Å². The van der Waals surface area contributed by atoms with Crippen molar-refractivity contribution >= 4 is 23.4 Å². The highest BCUT2D eigenvalue weighted by Crippen LogP contribution is 2.34. The van der Waals surface area contributed by atoms with Crippen LogP contribution in [0.1, 0.15) is 0 Å². The second-order valence-electron chi connectivity index (χ2n) is 2.77. The van der Waals surface area contributed by atoms with Crippen LogP contribution in [0.15, 0.2) is 22.8 Å². The Balaban J connectivity index is 2.35. The lowest BCUT2D eigenvalue weighted by molar-refractivity contribution is 0.398. The standard InChI is InChI=1S/C8H8ClN5OS/c1-14-8(12-4-13-14)16-7-5(15-2)6(9)10-3-11-7/h3-4H,1-2H3. The Morgan fingerprint density at radius 3 is 2.75 bits per heavy atom. The van der Waals surface area contributed by atoms with Gasteiger partial charge in [0.05, 0.1) is 7.11 Å². The molecule has 0 unspecified atom stereocenters. The molecule has 2 aromatic rings. The first-order chi connectivity index (χ1) is 7.72. The molecule has 2 heterocycles. The number of halogens is 1. The third-order valence-corrected chi connectivity index (χ3v) is 3.10. The van der Waals surface area contributed by atoms with Gasteiger partial charge in [0.15, 0.2) is 21.1 Å². The second-order valence-corrected chi connectivity index (χ2v) is 4.09. The number of hydrogen-bond donors (Lipinski definition) is 0. The summed E-state index contributed by atoms with van der Waals surface area (Å²) in [6.07, 6.45) is 2.85. The van der Waals surface area contributed by atoms with Gasteiger partial charge in [-0.25, -0.2) is 19.6 Å². The minimum absolute atomic E-state index is 0.280. The van der Waals surface area contributed by atoms with Gasteiger partial charge in [0.1, 0.15) is 12.7 Å². The van der Waals surface area contributed by atoms with Crippen LogP contribution in [0.5, 0.6) is 5.75 Å². The van der Waals surface area contributed by atoms with Crippen LogP contribution in [0.2, 0.25) is 5.15 Å². The molecule has 0 atom stereocenters. The second kappa shape index (κ2) is 4.67. The van der Waals surface area contributed by atoms with Crippen molar-refractivity contribution in [2.24, 2.45) is 7.05 Å². The summed E-state index contributed by atoms with van der Waals surface area (Å²) in [5.41, 5.74) is 0. The summed E-state index contributed by atoms with van der Waals surface area (Å²) >= 11 is 7.19. The first-order valence-electron chi connectivity index (χ1n) is 4.28. The third kappa shape index (κ3) is 2.10. The van der Waals surface area contributed by atoms with E-state index in [1.165, 1.54) is 31.5 Å².